The zero-order valence-electron chi connectivity index (χ0n) is 24.1. The SMILES string of the molecule is CN(c1ccc(N(c2cccc(-c3ccccc3)c2)c2cccc(-c3ccccc3)c2)cc1)c1cccc2ccccc12. The van der Waals surface area contributed by atoms with Crippen molar-refractivity contribution in [2.45, 2.75) is 0 Å². The molecule has 206 valence electrons. The Kier molecular flexibility index (Phi) is 7.17. The van der Waals surface area contributed by atoms with Crippen LogP contribution in [0.4, 0.5) is 28.4 Å². The highest BCUT2D eigenvalue weighted by Crippen LogP contribution is 2.39. The van der Waals surface area contributed by atoms with E-state index in [4.69, 9.17) is 0 Å². The van der Waals surface area contributed by atoms with E-state index in [9.17, 15) is 0 Å². The van der Waals surface area contributed by atoms with Crippen LogP contribution >= 0.6 is 0 Å². The van der Waals surface area contributed by atoms with Crippen molar-refractivity contribution in [2.24, 2.45) is 0 Å². The molecule has 0 aliphatic heterocycles. The van der Waals surface area contributed by atoms with Crippen molar-refractivity contribution >= 4 is 39.2 Å². The van der Waals surface area contributed by atoms with Crippen molar-refractivity contribution in [3.63, 3.8) is 0 Å². The van der Waals surface area contributed by atoms with Crippen molar-refractivity contribution in [3.8, 4) is 22.3 Å². The minimum atomic E-state index is 1.10. The third-order valence-corrected chi connectivity index (χ3v) is 8.05. The molecule has 2 heteroatoms. The van der Waals surface area contributed by atoms with Crippen LogP contribution < -0.4 is 9.80 Å². The molecule has 7 aromatic carbocycles. The Morgan fingerprint density at radius 3 is 1.42 bits per heavy atom. The number of rotatable bonds is 7. The fourth-order valence-corrected chi connectivity index (χ4v) is 5.82. The van der Waals surface area contributed by atoms with Gasteiger partial charge in [0, 0.05) is 40.9 Å². The number of benzene rings is 7. The number of nitrogens with zero attached hydrogens (tertiary/aromatic N) is 2. The fourth-order valence-electron chi connectivity index (χ4n) is 5.82. The summed E-state index contributed by atoms with van der Waals surface area (Å²) >= 11 is 0. The molecule has 43 heavy (non-hydrogen) atoms. The van der Waals surface area contributed by atoms with Gasteiger partial charge in [0.15, 0.2) is 0 Å². The molecule has 0 spiro atoms. The standard InChI is InChI=1S/C41H32N2/c1-42(41-24-12-18-33-17-8-9-23-40(33)41)36-25-27-37(28-26-36)43(38-21-10-19-34(29-38)31-13-4-2-5-14-31)39-22-11-20-35(30-39)32-15-6-3-7-16-32/h2-30H,1H3. The first-order valence-electron chi connectivity index (χ1n) is 14.7. The monoisotopic (exact) mass is 552 g/mol. The van der Waals surface area contributed by atoms with E-state index >= 15 is 0 Å². The lowest BCUT2D eigenvalue weighted by Crippen LogP contribution is -2.12. The van der Waals surface area contributed by atoms with Gasteiger partial charge in [-0.3, -0.25) is 0 Å². The van der Waals surface area contributed by atoms with Gasteiger partial charge < -0.3 is 9.80 Å². The molecule has 0 aromatic heterocycles. The third-order valence-electron chi connectivity index (χ3n) is 8.05. The summed E-state index contributed by atoms with van der Waals surface area (Å²) in [6.07, 6.45) is 0. The van der Waals surface area contributed by atoms with Gasteiger partial charge in [0.05, 0.1) is 0 Å². The molecule has 0 saturated heterocycles. The van der Waals surface area contributed by atoms with Crippen LogP contribution in [-0.4, -0.2) is 7.05 Å². The Morgan fingerprint density at radius 2 is 0.814 bits per heavy atom. The van der Waals surface area contributed by atoms with Gasteiger partial charge in [-0.15, -0.1) is 0 Å². The molecule has 0 aliphatic rings. The smallest absolute Gasteiger partial charge is 0.0487 e. The van der Waals surface area contributed by atoms with Crippen LogP contribution in [0.25, 0.3) is 33.0 Å². The van der Waals surface area contributed by atoms with E-state index in [1.54, 1.807) is 0 Å². The van der Waals surface area contributed by atoms with E-state index in [2.05, 4.69) is 193 Å². The predicted octanol–water partition coefficient (Wildman–Crippen LogP) is 11.4. The minimum Gasteiger partial charge on any atom is -0.344 e. The number of fused-ring (bicyclic) bond motifs is 1. The largest absolute Gasteiger partial charge is 0.344 e. The Morgan fingerprint density at radius 1 is 0.349 bits per heavy atom. The first kappa shape index (κ1) is 26.3. The zero-order chi connectivity index (χ0) is 29.0. The first-order valence-corrected chi connectivity index (χ1v) is 14.7. The molecular formula is C41H32N2. The van der Waals surface area contributed by atoms with Crippen molar-refractivity contribution in [1.29, 1.82) is 0 Å². The maximum atomic E-state index is 2.35. The van der Waals surface area contributed by atoms with Gasteiger partial charge in [0.25, 0.3) is 0 Å². The second-order valence-corrected chi connectivity index (χ2v) is 10.7. The first-order chi connectivity index (χ1) is 21.2. The molecule has 0 amide bonds. The molecular weight excluding hydrogens is 520 g/mol. The van der Waals surface area contributed by atoms with Gasteiger partial charge in [-0.1, -0.05) is 121 Å². The predicted molar refractivity (Wildman–Crippen MR) is 184 cm³/mol. The summed E-state index contributed by atoms with van der Waals surface area (Å²) in [5, 5.41) is 2.49. The molecule has 0 fully saturated rings. The number of anilines is 5. The van der Waals surface area contributed by atoms with Crippen LogP contribution in [0.3, 0.4) is 0 Å². The van der Waals surface area contributed by atoms with E-state index in [-0.39, 0.29) is 0 Å². The summed E-state index contributed by atoms with van der Waals surface area (Å²) in [5.41, 5.74) is 10.4. The Balaban J connectivity index is 1.31. The Hall–Kier alpha value is -5.60. The maximum absolute atomic E-state index is 2.35. The lowest BCUT2D eigenvalue weighted by molar-refractivity contribution is 1.21. The van der Waals surface area contributed by atoms with Crippen molar-refractivity contribution in [2.75, 3.05) is 16.8 Å². The molecule has 2 nitrogen and oxygen atoms in total. The molecule has 0 aliphatic carbocycles. The van der Waals surface area contributed by atoms with Gasteiger partial charge in [0.2, 0.25) is 0 Å². The van der Waals surface area contributed by atoms with Crippen LogP contribution in [0, 0.1) is 0 Å². The second-order valence-electron chi connectivity index (χ2n) is 10.7. The molecule has 7 rings (SSSR count). The highest BCUT2D eigenvalue weighted by atomic mass is 15.1. The summed E-state index contributed by atoms with van der Waals surface area (Å²) in [4.78, 5) is 4.61. The highest BCUT2D eigenvalue weighted by molar-refractivity contribution is 5.96. The second kappa shape index (κ2) is 11.7. The van der Waals surface area contributed by atoms with Crippen LogP contribution in [-0.2, 0) is 0 Å². The normalized spacial score (nSPS) is 10.9. The van der Waals surface area contributed by atoms with Crippen molar-refractivity contribution < 1.29 is 0 Å². The van der Waals surface area contributed by atoms with Gasteiger partial charge in [0.1, 0.15) is 0 Å². The summed E-state index contributed by atoms with van der Waals surface area (Å²) in [7, 11) is 2.14. The Labute approximate surface area is 253 Å². The molecule has 0 radical (unpaired) electrons. The lowest BCUT2D eigenvalue weighted by Gasteiger charge is -2.28. The summed E-state index contributed by atoms with van der Waals surface area (Å²) in [6.45, 7) is 0. The molecule has 0 saturated carbocycles. The van der Waals surface area contributed by atoms with E-state index in [0.717, 1.165) is 22.7 Å². The average molecular weight is 553 g/mol. The number of hydrogen-bond acceptors (Lipinski definition) is 2. The van der Waals surface area contributed by atoms with E-state index in [1.807, 2.05) is 0 Å². The maximum Gasteiger partial charge on any atom is 0.0487 e. The molecule has 0 atom stereocenters. The molecule has 0 bridgehead atoms. The third kappa shape index (κ3) is 5.39. The topological polar surface area (TPSA) is 6.48 Å². The van der Waals surface area contributed by atoms with Crippen LogP contribution in [0.5, 0.6) is 0 Å². The van der Waals surface area contributed by atoms with Gasteiger partial charge in [-0.2, -0.15) is 0 Å². The van der Waals surface area contributed by atoms with E-state index < -0.39 is 0 Å². The Bertz CT molecular complexity index is 1890. The van der Waals surface area contributed by atoms with E-state index in [1.165, 1.54) is 38.7 Å². The van der Waals surface area contributed by atoms with Crippen LogP contribution in [0.1, 0.15) is 0 Å². The minimum absolute atomic E-state index is 1.10. The molecule has 7 aromatic rings. The average Bonchev–Trinajstić information content (AvgIpc) is 3.09. The highest BCUT2D eigenvalue weighted by Gasteiger charge is 2.16. The molecule has 0 N–H and O–H groups in total. The van der Waals surface area contributed by atoms with Gasteiger partial charge in [-0.05, 0) is 82.2 Å². The summed E-state index contributed by atoms with van der Waals surface area (Å²) < 4.78 is 0. The molecule has 0 heterocycles. The zero-order valence-corrected chi connectivity index (χ0v) is 24.1. The summed E-state index contributed by atoms with van der Waals surface area (Å²) in [6, 6.07) is 62.7. The molecule has 0 unspecified atom stereocenters. The quantitative estimate of drug-likeness (QED) is 0.194. The van der Waals surface area contributed by atoms with Crippen molar-refractivity contribution in [3.05, 3.63) is 176 Å². The number of hydrogen-bond donors (Lipinski definition) is 0. The van der Waals surface area contributed by atoms with Gasteiger partial charge in [-0.25, -0.2) is 0 Å². The van der Waals surface area contributed by atoms with E-state index in [0.29, 0.717) is 0 Å². The van der Waals surface area contributed by atoms with Crippen LogP contribution in [0.2, 0.25) is 0 Å². The lowest BCUT2D eigenvalue weighted by atomic mass is 10.0. The van der Waals surface area contributed by atoms with Crippen LogP contribution in [0.15, 0.2) is 176 Å². The fraction of sp³-hybridized carbons (Fsp3) is 0.0244. The van der Waals surface area contributed by atoms with Crippen molar-refractivity contribution in [1.82, 2.24) is 0 Å². The summed E-state index contributed by atoms with van der Waals surface area (Å²) in [5.74, 6) is 0. The van der Waals surface area contributed by atoms with Gasteiger partial charge >= 0.3 is 0 Å².